The van der Waals surface area contributed by atoms with Crippen molar-refractivity contribution in [3.8, 4) is 5.75 Å². The third-order valence-electron chi connectivity index (χ3n) is 4.07. The Morgan fingerprint density at radius 3 is 2.70 bits per heavy atom. The number of benzene rings is 2. The monoisotopic (exact) mass is 362 g/mol. The molecule has 27 heavy (non-hydrogen) atoms. The first-order valence-corrected chi connectivity index (χ1v) is 8.54. The van der Waals surface area contributed by atoms with E-state index in [1.54, 1.807) is 24.4 Å². The number of amides is 1. The summed E-state index contributed by atoms with van der Waals surface area (Å²) in [6, 6.07) is 18.5. The number of ether oxygens (including phenoxy) is 1. The molecular weight excluding hydrogens is 340 g/mol. The second-order valence-corrected chi connectivity index (χ2v) is 6.23. The molecule has 138 valence electrons. The van der Waals surface area contributed by atoms with Crippen LogP contribution in [0, 0.1) is 0 Å². The summed E-state index contributed by atoms with van der Waals surface area (Å²) in [7, 11) is 3.88. The Morgan fingerprint density at radius 2 is 1.93 bits per heavy atom. The lowest BCUT2D eigenvalue weighted by Crippen LogP contribution is -2.15. The Hall–Kier alpha value is -3.54. The molecule has 6 nitrogen and oxygen atoms in total. The molecular formula is C21H22N4O2. The van der Waals surface area contributed by atoms with Crippen LogP contribution in [-0.4, -0.2) is 25.0 Å². The second-order valence-electron chi connectivity index (χ2n) is 6.23. The maximum atomic E-state index is 12.7. The quantitative estimate of drug-likeness (QED) is 0.701. The molecule has 3 N–H and O–H groups in total. The van der Waals surface area contributed by atoms with Crippen LogP contribution in [-0.2, 0) is 6.61 Å². The van der Waals surface area contributed by atoms with E-state index >= 15 is 0 Å². The number of pyridine rings is 1. The lowest BCUT2D eigenvalue weighted by atomic mass is 10.1. The zero-order valence-electron chi connectivity index (χ0n) is 15.3. The summed E-state index contributed by atoms with van der Waals surface area (Å²) in [6.07, 6.45) is 1.61. The Bertz CT molecular complexity index is 941. The van der Waals surface area contributed by atoms with Gasteiger partial charge in [-0.15, -0.1) is 0 Å². The largest absolute Gasteiger partial charge is 0.485 e. The molecule has 0 bridgehead atoms. The summed E-state index contributed by atoms with van der Waals surface area (Å²) in [5.74, 6) is 0.670. The molecule has 0 fully saturated rings. The van der Waals surface area contributed by atoms with Gasteiger partial charge in [0.25, 0.3) is 5.91 Å². The molecule has 0 aliphatic carbocycles. The van der Waals surface area contributed by atoms with Crippen LogP contribution in [0.3, 0.4) is 0 Å². The summed E-state index contributed by atoms with van der Waals surface area (Å²) < 4.78 is 5.76. The van der Waals surface area contributed by atoms with Gasteiger partial charge in [-0.1, -0.05) is 24.3 Å². The fraction of sp³-hybridized carbons (Fsp3) is 0.143. The molecule has 0 unspecified atom stereocenters. The number of rotatable bonds is 6. The molecule has 0 atom stereocenters. The van der Waals surface area contributed by atoms with E-state index in [0.29, 0.717) is 22.8 Å². The molecule has 3 aromatic rings. The van der Waals surface area contributed by atoms with Gasteiger partial charge in [0.1, 0.15) is 6.61 Å². The third kappa shape index (κ3) is 4.55. The normalized spacial score (nSPS) is 10.3. The first kappa shape index (κ1) is 18.3. The zero-order chi connectivity index (χ0) is 19.2. The van der Waals surface area contributed by atoms with E-state index in [2.05, 4.69) is 10.3 Å². The molecule has 0 aliphatic rings. The Balaban J connectivity index is 1.75. The molecule has 1 heterocycles. The Kier molecular flexibility index (Phi) is 5.56. The van der Waals surface area contributed by atoms with Gasteiger partial charge in [0.15, 0.2) is 11.6 Å². The van der Waals surface area contributed by atoms with E-state index in [1.165, 1.54) is 0 Å². The van der Waals surface area contributed by atoms with Crippen LogP contribution in [0.1, 0.15) is 15.9 Å². The van der Waals surface area contributed by atoms with Crippen molar-refractivity contribution < 1.29 is 9.53 Å². The summed E-state index contributed by atoms with van der Waals surface area (Å²) >= 11 is 0. The number of hydrogen-bond donors (Lipinski definition) is 2. The van der Waals surface area contributed by atoms with Crippen molar-refractivity contribution >= 4 is 23.1 Å². The Morgan fingerprint density at radius 1 is 1.11 bits per heavy atom. The minimum Gasteiger partial charge on any atom is -0.485 e. The molecule has 0 spiro atoms. The summed E-state index contributed by atoms with van der Waals surface area (Å²) in [4.78, 5) is 18.6. The van der Waals surface area contributed by atoms with Gasteiger partial charge in [-0.05, 0) is 36.4 Å². The lowest BCUT2D eigenvalue weighted by molar-refractivity contribution is 0.102. The van der Waals surface area contributed by atoms with E-state index in [9.17, 15) is 4.79 Å². The third-order valence-corrected chi connectivity index (χ3v) is 4.07. The maximum absolute atomic E-state index is 12.7. The topological polar surface area (TPSA) is 80.5 Å². The highest BCUT2D eigenvalue weighted by molar-refractivity contribution is 6.05. The minimum atomic E-state index is -0.174. The number of para-hydroxylation sites is 1. The van der Waals surface area contributed by atoms with Crippen molar-refractivity contribution in [2.24, 2.45) is 0 Å². The van der Waals surface area contributed by atoms with Crippen molar-refractivity contribution in [2.75, 3.05) is 30.0 Å². The zero-order valence-corrected chi connectivity index (χ0v) is 15.3. The fourth-order valence-corrected chi connectivity index (χ4v) is 2.57. The number of aromatic nitrogens is 1. The lowest BCUT2D eigenvalue weighted by Gasteiger charge is -2.15. The molecule has 0 aliphatic heterocycles. The number of hydrogen-bond acceptors (Lipinski definition) is 5. The first-order chi connectivity index (χ1) is 13.0. The van der Waals surface area contributed by atoms with Gasteiger partial charge < -0.3 is 20.7 Å². The van der Waals surface area contributed by atoms with E-state index in [1.807, 2.05) is 61.5 Å². The van der Waals surface area contributed by atoms with Crippen LogP contribution in [0.15, 0.2) is 66.9 Å². The van der Waals surface area contributed by atoms with Crippen molar-refractivity contribution in [3.63, 3.8) is 0 Å². The highest BCUT2D eigenvalue weighted by Gasteiger charge is 2.11. The van der Waals surface area contributed by atoms with Crippen LogP contribution < -0.4 is 20.7 Å². The number of nitrogens with two attached hydrogens (primary N) is 1. The smallest absolute Gasteiger partial charge is 0.255 e. The first-order valence-electron chi connectivity index (χ1n) is 8.54. The van der Waals surface area contributed by atoms with Gasteiger partial charge in [-0.25, -0.2) is 4.98 Å². The second kappa shape index (κ2) is 8.23. The number of nitrogens with zero attached hydrogens (tertiary/aromatic N) is 2. The molecule has 0 saturated heterocycles. The maximum Gasteiger partial charge on any atom is 0.255 e. The van der Waals surface area contributed by atoms with E-state index in [4.69, 9.17) is 10.5 Å². The Labute approximate surface area is 158 Å². The molecule has 3 rings (SSSR count). The number of carbonyl (C=O) groups is 1. The van der Waals surface area contributed by atoms with Gasteiger partial charge >= 0.3 is 0 Å². The summed E-state index contributed by atoms with van der Waals surface area (Å²) in [6.45, 7) is 0.268. The number of carbonyl (C=O) groups excluding carboxylic acids is 1. The van der Waals surface area contributed by atoms with Gasteiger partial charge in [0.2, 0.25) is 0 Å². The summed E-state index contributed by atoms with van der Waals surface area (Å²) in [5, 5.41) is 2.96. The predicted octanol–water partition coefficient (Wildman–Crippen LogP) is 3.56. The van der Waals surface area contributed by atoms with E-state index in [0.717, 1.165) is 11.3 Å². The molecule has 6 heteroatoms. The van der Waals surface area contributed by atoms with Crippen LogP contribution in [0.2, 0.25) is 0 Å². The van der Waals surface area contributed by atoms with Crippen molar-refractivity contribution in [1.82, 2.24) is 4.98 Å². The molecule has 1 aromatic heterocycles. The number of anilines is 3. The van der Waals surface area contributed by atoms with Crippen LogP contribution >= 0.6 is 0 Å². The molecule has 0 radical (unpaired) electrons. The van der Waals surface area contributed by atoms with Crippen LogP contribution in [0.4, 0.5) is 17.2 Å². The minimum absolute atomic E-state index is 0.174. The van der Waals surface area contributed by atoms with Gasteiger partial charge in [0, 0.05) is 42.8 Å². The molecule has 2 aromatic carbocycles. The molecule has 0 saturated carbocycles. The standard InChI is InChI=1S/C21H22N4O2/c1-25(2)17-9-5-8-15(13-17)21(26)24-18-10-4-3-7-16(18)14-27-19-11-6-12-23-20(19)22/h3-13H,14H2,1-2H3,(H2,22,23)(H,24,26). The van der Waals surface area contributed by atoms with Crippen LogP contribution in [0.25, 0.3) is 0 Å². The molecule has 1 amide bonds. The highest BCUT2D eigenvalue weighted by atomic mass is 16.5. The average Bonchev–Trinajstić information content (AvgIpc) is 2.68. The highest BCUT2D eigenvalue weighted by Crippen LogP contribution is 2.22. The van der Waals surface area contributed by atoms with Gasteiger partial charge in [0.05, 0.1) is 0 Å². The van der Waals surface area contributed by atoms with Gasteiger partial charge in [-0.3, -0.25) is 4.79 Å². The predicted molar refractivity (Wildman–Crippen MR) is 108 cm³/mol. The van der Waals surface area contributed by atoms with Gasteiger partial charge in [-0.2, -0.15) is 0 Å². The van der Waals surface area contributed by atoms with Crippen molar-refractivity contribution in [3.05, 3.63) is 78.0 Å². The van der Waals surface area contributed by atoms with Crippen LogP contribution in [0.5, 0.6) is 5.75 Å². The van der Waals surface area contributed by atoms with Crippen molar-refractivity contribution in [1.29, 1.82) is 0 Å². The summed E-state index contributed by atoms with van der Waals surface area (Å²) in [5.41, 5.74) is 8.90. The van der Waals surface area contributed by atoms with E-state index < -0.39 is 0 Å². The number of nitrogen functional groups attached to an aromatic ring is 1. The van der Waals surface area contributed by atoms with Crippen molar-refractivity contribution in [2.45, 2.75) is 6.61 Å². The average molecular weight is 362 g/mol. The number of nitrogens with one attached hydrogen (secondary N) is 1. The van der Waals surface area contributed by atoms with E-state index in [-0.39, 0.29) is 12.5 Å². The SMILES string of the molecule is CN(C)c1cccc(C(=O)Nc2ccccc2COc2cccnc2N)c1. The fourth-order valence-electron chi connectivity index (χ4n) is 2.57.